The molecule has 0 saturated carbocycles. The molecule has 4 nitrogen and oxygen atoms in total. The fourth-order valence-electron chi connectivity index (χ4n) is 3.68. The van der Waals surface area contributed by atoms with E-state index in [2.05, 4.69) is 75.6 Å². The van der Waals surface area contributed by atoms with E-state index in [9.17, 15) is 0 Å². The second kappa shape index (κ2) is 6.40. The van der Waals surface area contributed by atoms with Gasteiger partial charge in [0.25, 0.3) is 0 Å². The summed E-state index contributed by atoms with van der Waals surface area (Å²) in [5, 5.41) is 0. The lowest BCUT2D eigenvalue weighted by Crippen LogP contribution is -2.05. The third kappa shape index (κ3) is 2.79. The molecule has 3 aromatic heterocycles. The zero-order valence-corrected chi connectivity index (χ0v) is 15.2. The third-order valence-electron chi connectivity index (χ3n) is 4.98. The van der Waals surface area contributed by atoms with Crippen LogP contribution in [0.3, 0.4) is 0 Å². The van der Waals surface area contributed by atoms with Crippen molar-refractivity contribution in [3.63, 3.8) is 0 Å². The molecule has 132 valence electrons. The van der Waals surface area contributed by atoms with Crippen LogP contribution in [-0.2, 0) is 12.8 Å². The summed E-state index contributed by atoms with van der Waals surface area (Å²) in [6.07, 6.45) is 5.67. The van der Waals surface area contributed by atoms with Crippen LogP contribution in [-0.4, -0.2) is 18.9 Å². The van der Waals surface area contributed by atoms with Crippen LogP contribution in [0.5, 0.6) is 0 Å². The largest absolute Gasteiger partial charge is 0.304 e. The van der Waals surface area contributed by atoms with E-state index in [4.69, 9.17) is 4.98 Å². The first kappa shape index (κ1) is 15.8. The predicted molar refractivity (Wildman–Crippen MR) is 108 cm³/mol. The lowest BCUT2D eigenvalue weighted by Gasteiger charge is -2.09. The predicted octanol–water partition coefficient (Wildman–Crippen LogP) is 4.77. The minimum Gasteiger partial charge on any atom is -0.304 e. The fraction of sp³-hybridized carbons (Fsp3) is 0.130. The lowest BCUT2D eigenvalue weighted by atomic mass is 10.2. The van der Waals surface area contributed by atoms with Gasteiger partial charge in [0.2, 0.25) is 0 Å². The molecule has 4 heteroatoms. The number of aryl methyl sites for hydroxylation is 3. The number of hydrogen-bond donors (Lipinski definition) is 0. The molecule has 2 aromatic carbocycles. The molecule has 0 aliphatic carbocycles. The van der Waals surface area contributed by atoms with Gasteiger partial charge in [-0.15, -0.1) is 0 Å². The molecule has 0 fully saturated rings. The monoisotopic (exact) mass is 352 g/mol. The maximum Gasteiger partial charge on any atom is 0.114 e. The van der Waals surface area contributed by atoms with Gasteiger partial charge in [-0.05, 0) is 48.9 Å². The highest BCUT2D eigenvalue weighted by Crippen LogP contribution is 2.23. The number of pyridine rings is 1. The maximum atomic E-state index is 4.96. The molecular weight excluding hydrogens is 332 g/mol. The third-order valence-corrected chi connectivity index (χ3v) is 4.98. The van der Waals surface area contributed by atoms with E-state index in [0.717, 1.165) is 46.7 Å². The number of imidazole rings is 2. The Hall–Kier alpha value is -3.40. The van der Waals surface area contributed by atoms with Gasteiger partial charge < -0.3 is 4.40 Å². The fourth-order valence-corrected chi connectivity index (χ4v) is 3.68. The first-order chi connectivity index (χ1) is 13.3. The summed E-state index contributed by atoms with van der Waals surface area (Å²) in [6.45, 7) is 2.11. The highest BCUT2D eigenvalue weighted by molar-refractivity contribution is 5.79. The van der Waals surface area contributed by atoms with Crippen molar-refractivity contribution in [1.82, 2.24) is 18.9 Å². The summed E-state index contributed by atoms with van der Waals surface area (Å²) in [5.41, 5.74) is 5.69. The summed E-state index contributed by atoms with van der Waals surface area (Å²) < 4.78 is 4.42. The topological polar surface area (TPSA) is 35.1 Å². The molecular formula is C23H20N4. The molecule has 0 bridgehead atoms. The van der Waals surface area contributed by atoms with Gasteiger partial charge in [0.15, 0.2) is 0 Å². The number of para-hydroxylation sites is 1. The highest BCUT2D eigenvalue weighted by atomic mass is 15.1. The van der Waals surface area contributed by atoms with Crippen LogP contribution < -0.4 is 0 Å². The Kier molecular flexibility index (Phi) is 3.75. The SMILES string of the molecule is Cc1ccc2c(c1)nc(CCc1ncc3ccccn13)n2-c1ccccc1. The summed E-state index contributed by atoms with van der Waals surface area (Å²) in [6, 6.07) is 23.1. The van der Waals surface area contributed by atoms with Crippen LogP contribution in [0, 0.1) is 6.92 Å². The summed E-state index contributed by atoms with van der Waals surface area (Å²) in [4.78, 5) is 9.56. The molecule has 0 atom stereocenters. The van der Waals surface area contributed by atoms with Gasteiger partial charge in [-0.25, -0.2) is 9.97 Å². The average Bonchev–Trinajstić information content (AvgIpc) is 3.27. The molecule has 5 aromatic rings. The Morgan fingerprint density at radius 2 is 1.67 bits per heavy atom. The van der Waals surface area contributed by atoms with Crippen molar-refractivity contribution in [2.45, 2.75) is 19.8 Å². The normalized spacial score (nSPS) is 11.4. The Balaban J connectivity index is 1.58. The maximum absolute atomic E-state index is 4.96. The summed E-state index contributed by atoms with van der Waals surface area (Å²) in [5.74, 6) is 2.13. The second-order valence-electron chi connectivity index (χ2n) is 6.86. The molecule has 5 rings (SSSR count). The molecule has 0 aliphatic rings. The minimum atomic E-state index is 0.830. The van der Waals surface area contributed by atoms with Crippen molar-refractivity contribution in [2.75, 3.05) is 0 Å². The number of rotatable bonds is 4. The van der Waals surface area contributed by atoms with Crippen LogP contribution in [0.1, 0.15) is 17.2 Å². The van der Waals surface area contributed by atoms with Crippen molar-refractivity contribution in [3.8, 4) is 5.69 Å². The number of benzene rings is 2. The van der Waals surface area contributed by atoms with Gasteiger partial charge in [0, 0.05) is 24.7 Å². The van der Waals surface area contributed by atoms with Crippen molar-refractivity contribution in [3.05, 3.63) is 96.3 Å². The lowest BCUT2D eigenvalue weighted by molar-refractivity contribution is 0.791. The molecule has 0 amide bonds. The van der Waals surface area contributed by atoms with E-state index in [1.165, 1.54) is 5.56 Å². The van der Waals surface area contributed by atoms with Gasteiger partial charge >= 0.3 is 0 Å². The first-order valence-corrected chi connectivity index (χ1v) is 9.24. The van der Waals surface area contributed by atoms with Crippen LogP contribution in [0.15, 0.2) is 79.1 Å². The Morgan fingerprint density at radius 1 is 0.852 bits per heavy atom. The summed E-state index contributed by atoms with van der Waals surface area (Å²) in [7, 11) is 0. The van der Waals surface area contributed by atoms with E-state index in [0.29, 0.717) is 0 Å². The van der Waals surface area contributed by atoms with E-state index in [1.807, 2.05) is 24.4 Å². The first-order valence-electron chi connectivity index (χ1n) is 9.24. The van der Waals surface area contributed by atoms with Gasteiger partial charge in [-0.1, -0.05) is 30.3 Å². The number of fused-ring (bicyclic) bond motifs is 2. The Labute approximate surface area is 157 Å². The number of nitrogens with zero attached hydrogens (tertiary/aromatic N) is 4. The molecule has 0 unspecified atom stereocenters. The van der Waals surface area contributed by atoms with Gasteiger partial charge in [-0.2, -0.15) is 0 Å². The van der Waals surface area contributed by atoms with E-state index >= 15 is 0 Å². The molecule has 3 heterocycles. The van der Waals surface area contributed by atoms with Crippen molar-refractivity contribution >= 4 is 16.6 Å². The summed E-state index contributed by atoms with van der Waals surface area (Å²) >= 11 is 0. The Morgan fingerprint density at radius 3 is 2.56 bits per heavy atom. The Bertz CT molecular complexity index is 1230. The zero-order chi connectivity index (χ0) is 18.2. The van der Waals surface area contributed by atoms with Gasteiger partial charge in [0.1, 0.15) is 11.6 Å². The average molecular weight is 352 g/mol. The molecule has 0 spiro atoms. The molecule has 0 radical (unpaired) electrons. The molecule has 0 N–H and O–H groups in total. The van der Waals surface area contributed by atoms with Crippen LogP contribution in [0.25, 0.3) is 22.2 Å². The van der Waals surface area contributed by atoms with Crippen molar-refractivity contribution < 1.29 is 0 Å². The zero-order valence-electron chi connectivity index (χ0n) is 15.2. The number of aromatic nitrogens is 4. The van der Waals surface area contributed by atoms with Gasteiger partial charge in [-0.3, -0.25) is 4.57 Å². The smallest absolute Gasteiger partial charge is 0.114 e. The molecule has 0 saturated heterocycles. The minimum absolute atomic E-state index is 0.830. The van der Waals surface area contributed by atoms with Gasteiger partial charge in [0.05, 0.1) is 22.7 Å². The highest BCUT2D eigenvalue weighted by Gasteiger charge is 2.14. The van der Waals surface area contributed by atoms with Crippen molar-refractivity contribution in [2.24, 2.45) is 0 Å². The standard InChI is InChI=1S/C23H20N4/c1-17-10-11-21-20(15-17)25-23(27(21)18-7-3-2-4-8-18)13-12-22-24-16-19-9-5-6-14-26(19)22/h2-11,14-16H,12-13H2,1H3. The van der Waals surface area contributed by atoms with Crippen LogP contribution in [0.2, 0.25) is 0 Å². The molecule has 0 aliphatic heterocycles. The van der Waals surface area contributed by atoms with E-state index in [1.54, 1.807) is 0 Å². The van der Waals surface area contributed by atoms with E-state index in [-0.39, 0.29) is 0 Å². The van der Waals surface area contributed by atoms with Crippen LogP contribution in [0.4, 0.5) is 0 Å². The van der Waals surface area contributed by atoms with Crippen LogP contribution >= 0.6 is 0 Å². The second-order valence-corrected chi connectivity index (χ2v) is 6.86. The van der Waals surface area contributed by atoms with E-state index < -0.39 is 0 Å². The molecule has 27 heavy (non-hydrogen) atoms. The quantitative estimate of drug-likeness (QED) is 0.467. The number of hydrogen-bond acceptors (Lipinski definition) is 2. The van der Waals surface area contributed by atoms with Crippen molar-refractivity contribution in [1.29, 1.82) is 0 Å².